The SMILES string of the molecule is C\C=C/C(=C\C(F)=C/C)c1ccc(/C(=C/C=O)N=O)c(/C=N\C)n1. The highest BCUT2D eigenvalue weighted by Crippen LogP contribution is 2.23. The summed E-state index contributed by atoms with van der Waals surface area (Å²) in [6.45, 7) is 3.41. The Morgan fingerprint density at radius 1 is 1.29 bits per heavy atom. The number of carbonyl (C=O) groups is 1. The number of hydrogen-bond donors (Lipinski definition) is 0. The highest BCUT2D eigenvalue weighted by Gasteiger charge is 2.11. The fourth-order valence-electron chi connectivity index (χ4n) is 1.93. The van der Waals surface area contributed by atoms with Crippen molar-refractivity contribution in [2.24, 2.45) is 10.2 Å². The largest absolute Gasteiger partial charge is 0.298 e. The lowest BCUT2D eigenvalue weighted by Gasteiger charge is -2.08. The molecule has 0 amide bonds. The van der Waals surface area contributed by atoms with Crippen LogP contribution in [0, 0.1) is 4.91 Å². The maximum absolute atomic E-state index is 13.6. The van der Waals surface area contributed by atoms with E-state index in [4.69, 9.17) is 0 Å². The Labute approximate surface area is 140 Å². The van der Waals surface area contributed by atoms with E-state index in [2.05, 4.69) is 15.2 Å². The van der Waals surface area contributed by atoms with Crippen LogP contribution in [0.25, 0.3) is 11.3 Å². The summed E-state index contributed by atoms with van der Waals surface area (Å²) in [5, 5.41) is 2.84. The quantitative estimate of drug-likeness (QED) is 0.247. The molecule has 0 unspecified atom stereocenters. The molecule has 0 N–H and O–H groups in total. The van der Waals surface area contributed by atoms with E-state index < -0.39 is 5.83 Å². The zero-order chi connectivity index (χ0) is 17.9. The molecule has 24 heavy (non-hydrogen) atoms. The van der Waals surface area contributed by atoms with Crippen molar-refractivity contribution in [3.8, 4) is 0 Å². The Bertz CT molecular complexity index is 760. The van der Waals surface area contributed by atoms with Gasteiger partial charge in [0.05, 0.1) is 11.4 Å². The lowest BCUT2D eigenvalue weighted by Crippen LogP contribution is -2.00. The third kappa shape index (κ3) is 5.01. The first-order valence-corrected chi connectivity index (χ1v) is 7.20. The monoisotopic (exact) mass is 327 g/mol. The van der Waals surface area contributed by atoms with Gasteiger partial charge >= 0.3 is 0 Å². The Morgan fingerprint density at radius 2 is 2.04 bits per heavy atom. The molecular weight excluding hydrogens is 309 g/mol. The van der Waals surface area contributed by atoms with Gasteiger partial charge in [0.25, 0.3) is 0 Å². The molecule has 0 spiro atoms. The number of carbonyl (C=O) groups excluding carboxylic acids is 1. The van der Waals surface area contributed by atoms with Crippen molar-refractivity contribution >= 4 is 23.8 Å². The van der Waals surface area contributed by atoms with E-state index >= 15 is 0 Å². The van der Waals surface area contributed by atoms with Gasteiger partial charge in [-0.1, -0.05) is 18.2 Å². The van der Waals surface area contributed by atoms with Gasteiger partial charge in [-0.2, -0.15) is 0 Å². The van der Waals surface area contributed by atoms with Gasteiger partial charge in [-0.05, 0) is 37.2 Å². The van der Waals surface area contributed by atoms with Gasteiger partial charge < -0.3 is 0 Å². The van der Waals surface area contributed by atoms with Crippen molar-refractivity contribution in [2.75, 3.05) is 7.05 Å². The smallest absolute Gasteiger partial charge is 0.145 e. The molecule has 0 aliphatic rings. The van der Waals surface area contributed by atoms with Gasteiger partial charge in [0.15, 0.2) is 0 Å². The number of hydrogen-bond acceptors (Lipinski definition) is 5. The molecule has 1 aromatic rings. The zero-order valence-electron chi connectivity index (χ0n) is 13.7. The summed E-state index contributed by atoms with van der Waals surface area (Å²) in [5.41, 5.74) is 1.75. The predicted octanol–water partition coefficient (Wildman–Crippen LogP) is 4.27. The molecule has 0 radical (unpaired) electrons. The summed E-state index contributed by atoms with van der Waals surface area (Å²) in [7, 11) is 1.55. The van der Waals surface area contributed by atoms with Crippen LogP contribution in [0.5, 0.6) is 0 Å². The number of pyridine rings is 1. The molecular formula is C18H18FN3O2. The van der Waals surface area contributed by atoms with Gasteiger partial charge in [0, 0.05) is 30.5 Å². The molecule has 0 saturated heterocycles. The van der Waals surface area contributed by atoms with E-state index in [0.29, 0.717) is 28.8 Å². The molecule has 0 fully saturated rings. The summed E-state index contributed by atoms with van der Waals surface area (Å²) >= 11 is 0. The Hall–Kier alpha value is -3.02. The van der Waals surface area contributed by atoms with Crippen LogP contribution >= 0.6 is 0 Å². The molecule has 0 saturated carbocycles. The highest BCUT2D eigenvalue weighted by molar-refractivity contribution is 5.90. The second-order valence-corrected chi connectivity index (χ2v) is 4.57. The third-order valence-electron chi connectivity index (χ3n) is 2.99. The normalized spacial score (nSPS) is 13.8. The van der Waals surface area contributed by atoms with Gasteiger partial charge in [-0.3, -0.25) is 9.79 Å². The van der Waals surface area contributed by atoms with Crippen molar-refractivity contribution in [3.63, 3.8) is 0 Å². The number of aldehydes is 1. The van der Waals surface area contributed by atoms with Crippen LogP contribution in [-0.4, -0.2) is 24.5 Å². The minimum absolute atomic E-state index is 0.0462. The molecule has 0 bridgehead atoms. The minimum Gasteiger partial charge on any atom is -0.298 e. The van der Waals surface area contributed by atoms with E-state index in [1.165, 1.54) is 18.4 Å². The van der Waals surface area contributed by atoms with Crippen LogP contribution < -0.4 is 0 Å². The number of aliphatic imine (C=N–C) groups is 1. The van der Waals surface area contributed by atoms with Gasteiger partial charge in [0.1, 0.15) is 17.8 Å². The van der Waals surface area contributed by atoms with E-state index in [9.17, 15) is 14.1 Å². The van der Waals surface area contributed by atoms with Crippen LogP contribution in [0.3, 0.4) is 0 Å². The molecule has 1 heterocycles. The van der Waals surface area contributed by atoms with Crippen LogP contribution in [0.15, 0.2) is 58.5 Å². The van der Waals surface area contributed by atoms with E-state index in [-0.39, 0.29) is 5.70 Å². The summed E-state index contributed by atoms with van der Waals surface area (Å²) in [6, 6.07) is 3.22. The van der Waals surface area contributed by atoms with Crippen LogP contribution in [0.1, 0.15) is 30.8 Å². The average Bonchev–Trinajstić information content (AvgIpc) is 2.59. The number of halogens is 1. The maximum Gasteiger partial charge on any atom is 0.145 e. The first-order chi connectivity index (χ1) is 11.6. The Balaban J connectivity index is 3.56. The van der Waals surface area contributed by atoms with E-state index in [1.807, 2.05) is 6.92 Å². The first kappa shape index (κ1) is 19.0. The number of nitrogens with zero attached hydrogens (tertiary/aromatic N) is 3. The number of rotatable bonds is 7. The minimum atomic E-state index is -0.393. The van der Waals surface area contributed by atoms with Crippen LogP contribution in [0.4, 0.5) is 4.39 Å². The standard InChI is InChI=1S/C18H18FN3O2/c1-4-6-13(11-14(19)5-2)16-8-7-15(17(22-24)9-10-23)18(21-16)12-20-3/h4-12H,1-3H3/b6-4-,13-11+,14-5+,17-9-,20-12-. The zero-order valence-corrected chi connectivity index (χ0v) is 13.7. The van der Waals surface area contributed by atoms with Gasteiger partial charge in [0.2, 0.25) is 0 Å². The maximum atomic E-state index is 13.6. The molecule has 0 atom stereocenters. The molecule has 1 rings (SSSR count). The lowest BCUT2D eigenvalue weighted by molar-refractivity contribution is -0.104. The summed E-state index contributed by atoms with van der Waals surface area (Å²) in [4.78, 5) is 29.9. The molecule has 0 aliphatic carbocycles. The average molecular weight is 327 g/mol. The number of nitroso groups, excluding NO2 is 1. The summed E-state index contributed by atoms with van der Waals surface area (Å²) < 4.78 is 13.6. The predicted molar refractivity (Wildman–Crippen MR) is 95.2 cm³/mol. The topological polar surface area (TPSA) is 71.8 Å². The number of allylic oxidation sites excluding steroid dienone is 7. The first-order valence-electron chi connectivity index (χ1n) is 7.20. The highest BCUT2D eigenvalue weighted by atomic mass is 19.1. The van der Waals surface area contributed by atoms with Crippen molar-refractivity contribution < 1.29 is 9.18 Å². The summed E-state index contributed by atoms with van der Waals surface area (Å²) in [6.07, 6.45) is 9.16. The van der Waals surface area contributed by atoms with Crippen LogP contribution in [-0.2, 0) is 4.79 Å². The Kier molecular flexibility index (Phi) is 7.84. The molecule has 6 heteroatoms. The molecule has 1 aromatic heterocycles. The van der Waals surface area contributed by atoms with Crippen LogP contribution in [0.2, 0.25) is 0 Å². The van der Waals surface area contributed by atoms with Crippen molar-refractivity contribution in [2.45, 2.75) is 13.8 Å². The fourth-order valence-corrected chi connectivity index (χ4v) is 1.93. The van der Waals surface area contributed by atoms with Crippen molar-refractivity contribution in [3.05, 3.63) is 70.2 Å². The van der Waals surface area contributed by atoms with E-state index in [0.717, 1.165) is 6.08 Å². The molecule has 124 valence electrons. The molecule has 0 aromatic carbocycles. The van der Waals surface area contributed by atoms with Crippen molar-refractivity contribution in [1.82, 2.24) is 4.98 Å². The van der Waals surface area contributed by atoms with E-state index in [1.54, 1.807) is 38.3 Å². The second kappa shape index (κ2) is 9.89. The summed E-state index contributed by atoms with van der Waals surface area (Å²) in [5.74, 6) is -0.393. The fraction of sp³-hybridized carbons (Fsp3) is 0.167. The Morgan fingerprint density at radius 3 is 2.58 bits per heavy atom. The third-order valence-corrected chi connectivity index (χ3v) is 2.99. The van der Waals surface area contributed by atoms with Gasteiger partial charge in [-0.25, -0.2) is 9.37 Å². The molecule has 0 aliphatic heterocycles. The van der Waals surface area contributed by atoms with Gasteiger partial charge in [-0.15, -0.1) is 4.91 Å². The number of aromatic nitrogens is 1. The molecule has 5 nitrogen and oxygen atoms in total. The lowest BCUT2D eigenvalue weighted by atomic mass is 10.1. The second-order valence-electron chi connectivity index (χ2n) is 4.57. The van der Waals surface area contributed by atoms with Crippen molar-refractivity contribution in [1.29, 1.82) is 0 Å².